The molecule has 0 heterocycles. The van der Waals surface area contributed by atoms with Crippen LogP contribution in [0.4, 0.5) is 0 Å². The van der Waals surface area contributed by atoms with E-state index < -0.39 is 0 Å². The smallest absolute Gasteiger partial charge is 0.0483 e. The first-order chi connectivity index (χ1) is 9.49. The molecule has 0 spiro atoms. The van der Waals surface area contributed by atoms with Crippen molar-refractivity contribution in [1.29, 1.82) is 0 Å². The molecule has 0 aliphatic heterocycles. The third-order valence-corrected chi connectivity index (χ3v) is 2.55. The third-order valence-electron chi connectivity index (χ3n) is 2.55. The van der Waals surface area contributed by atoms with Crippen LogP contribution in [0.25, 0.3) is 0 Å². The third kappa shape index (κ3) is 52.2. The molecule has 0 aliphatic carbocycles. The van der Waals surface area contributed by atoms with Crippen LogP contribution in [0.2, 0.25) is 0 Å². The van der Waals surface area contributed by atoms with E-state index in [0.717, 1.165) is 7.11 Å². The summed E-state index contributed by atoms with van der Waals surface area (Å²) >= 11 is 0. The van der Waals surface area contributed by atoms with Crippen LogP contribution in [0.3, 0.4) is 0 Å². The molecule has 128 valence electrons. The molecule has 0 fully saturated rings. The first kappa shape index (κ1) is 28.1. The Kier molecular flexibility index (Phi) is 44.0. The Morgan fingerprint density at radius 1 is 0.700 bits per heavy atom. The SMILES string of the molecule is CC(C)O.CCCCCCC.CCN(CC)CC.CO. The van der Waals surface area contributed by atoms with E-state index in [9.17, 15) is 0 Å². The van der Waals surface area contributed by atoms with Crippen LogP contribution in [0.5, 0.6) is 0 Å². The molecule has 20 heavy (non-hydrogen) atoms. The van der Waals surface area contributed by atoms with E-state index in [1.54, 1.807) is 13.8 Å². The number of rotatable bonds is 7. The van der Waals surface area contributed by atoms with Crippen LogP contribution < -0.4 is 0 Å². The van der Waals surface area contributed by atoms with Crippen LogP contribution in [0.15, 0.2) is 0 Å². The minimum Gasteiger partial charge on any atom is -0.400 e. The Morgan fingerprint density at radius 2 is 0.950 bits per heavy atom. The Hall–Kier alpha value is -0.120. The molecule has 0 aromatic rings. The number of hydrogen-bond acceptors (Lipinski definition) is 3. The first-order valence-corrected chi connectivity index (χ1v) is 8.34. The van der Waals surface area contributed by atoms with Gasteiger partial charge in [-0.25, -0.2) is 0 Å². The maximum Gasteiger partial charge on any atom is 0.0483 e. The largest absolute Gasteiger partial charge is 0.400 e. The Bertz CT molecular complexity index is 103. The molecular weight excluding hydrogens is 250 g/mol. The average molecular weight is 294 g/mol. The summed E-state index contributed by atoms with van der Waals surface area (Å²) in [4.78, 5) is 2.38. The van der Waals surface area contributed by atoms with Gasteiger partial charge in [0.25, 0.3) is 0 Å². The lowest BCUT2D eigenvalue weighted by Gasteiger charge is -2.13. The number of unbranched alkanes of at least 4 members (excludes halogenated alkanes) is 4. The monoisotopic (exact) mass is 293 g/mol. The zero-order chi connectivity index (χ0) is 16.8. The molecule has 0 saturated carbocycles. The summed E-state index contributed by atoms with van der Waals surface area (Å²) in [6.45, 7) is 18.1. The van der Waals surface area contributed by atoms with Crippen molar-refractivity contribution in [3.63, 3.8) is 0 Å². The summed E-state index contributed by atoms with van der Waals surface area (Å²) in [7, 11) is 1.00. The van der Waals surface area contributed by atoms with Crippen molar-refractivity contribution in [2.75, 3.05) is 26.7 Å². The Labute approximate surface area is 129 Å². The van der Waals surface area contributed by atoms with Crippen LogP contribution in [0, 0.1) is 0 Å². The standard InChI is InChI=1S/C7H16.C6H15N.C3H8O.CH4O/c1-3-5-7-6-4-2;1-4-7(5-2)6-3;1-3(2)4;1-2/h3-7H2,1-2H3;4-6H2,1-3H3;3-4H,1-2H3;2H,1H3. The van der Waals surface area contributed by atoms with Gasteiger partial charge >= 0.3 is 0 Å². The average Bonchev–Trinajstić information content (AvgIpc) is 2.44. The van der Waals surface area contributed by atoms with E-state index in [2.05, 4.69) is 39.5 Å². The fourth-order valence-corrected chi connectivity index (χ4v) is 1.35. The molecule has 3 heteroatoms. The van der Waals surface area contributed by atoms with Crippen LogP contribution in [-0.4, -0.2) is 48.0 Å². The van der Waals surface area contributed by atoms with Gasteiger partial charge in [-0.1, -0.05) is 66.7 Å². The number of nitrogens with zero attached hydrogens (tertiary/aromatic N) is 1. The van der Waals surface area contributed by atoms with E-state index >= 15 is 0 Å². The second kappa shape index (κ2) is 31.3. The van der Waals surface area contributed by atoms with Crippen LogP contribution in [-0.2, 0) is 0 Å². The Morgan fingerprint density at radius 3 is 1.05 bits per heavy atom. The summed E-state index contributed by atoms with van der Waals surface area (Å²) in [5.74, 6) is 0. The fourth-order valence-electron chi connectivity index (χ4n) is 1.35. The van der Waals surface area contributed by atoms with Crippen LogP contribution in [0.1, 0.15) is 80.6 Å². The van der Waals surface area contributed by atoms with Gasteiger partial charge in [0.2, 0.25) is 0 Å². The van der Waals surface area contributed by atoms with Crippen molar-refractivity contribution in [2.45, 2.75) is 86.7 Å². The van der Waals surface area contributed by atoms with Crippen molar-refractivity contribution in [3.05, 3.63) is 0 Å². The molecule has 0 aliphatic rings. The van der Waals surface area contributed by atoms with Gasteiger partial charge in [0.1, 0.15) is 0 Å². The first-order valence-electron chi connectivity index (χ1n) is 8.34. The summed E-state index contributed by atoms with van der Waals surface area (Å²) < 4.78 is 0. The number of aliphatic hydroxyl groups is 2. The molecule has 0 aromatic carbocycles. The molecule has 0 bridgehead atoms. The molecule has 0 atom stereocenters. The van der Waals surface area contributed by atoms with Gasteiger partial charge in [-0.3, -0.25) is 0 Å². The lowest BCUT2D eigenvalue weighted by Crippen LogP contribution is -2.21. The molecule has 3 nitrogen and oxygen atoms in total. The highest BCUT2D eigenvalue weighted by molar-refractivity contribution is 4.43. The zero-order valence-corrected chi connectivity index (χ0v) is 15.6. The summed E-state index contributed by atoms with van der Waals surface area (Å²) in [5.41, 5.74) is 0. The summed E-state index contributed by atoms with van der Waals surface area (Å²) in [5, 5.41) is 15.1. The zero-order valence-electron chi connectivity index (χ0n) is 15.6. The van der Waals surface area contributed by atoms with Crippen molar-refractivity contribution in [2.24, 2.45) is 0 Å². The normalized spacial score (nSPS) is 9.00. The maximum atomic E-state index is 8.06. The van der Waals surface area contributed by atoms with Crippen molar-refractivity contribution in [3.8, 4) is 0 Å². The van der Waals surface area contributed by atoms with E-state index in [1.165, 1.54) is 51.7 Å². The molecule has 0 amide bonds. The summed E-state index contributed by atoms with van der Waals surface area (Å²) in [6, 6.07) is 0. The molecular formula is C17H43NO2. The highest BCUT2D eigenvalue weighted by Crippen LogP contribution is 2.00. The van der Waals surface area contributed by atoms with Gasteiger partial charge in [-0.2, -0.15) is 0 Å². The molecule has 0 aromatic heterocycles. The van der Waals surface area contributed by atoms with Crippen molar-refractivity contribution >= 4 is 0 Å². The highest BCUT2D eigenvalue weighted by atomic mass is 16.3. The predicted molar refractivity (Wildman–Crippen MR) is 93.4 cm³/mol. The van der Waals surface area contributed by atoms with Crippen molar-refractivity contribution in [1.82, 2.24) is 4.90 Å². The Balaban J connectivity index is -0.0000000933. The number of hydrogen-bond donors (Lipinski definition) is 2. The van der Waals surface area contributed by atoms with E-state index in [0.29, 0.717) is 0 Å². The predicted octanol–water partition coefficient (Wildman–Crippen LogP) is 4.32. The highest BCUT2D eigenvalue weighted by Gasteiger charge is 1.89. The molecule has 0 rings (SSSR count). The summed E-state index contributed by atoms with van der Waals surface area (Å²) in [6.07, 6.45) is 6.84. The molecule has 0 saturated heterocycles. The second-order valence-electron chi connectivity index (χ2n) is 4.77. The minimum absolute atomic E-state index is 0.167. The lowest BCUT2D eigenvalue weighted by atomic mass is 10.2. The van der Waals surface area contributed by atoms with Gasteiger partial charge in [-0.05, 0) is 33.5 Å². The molecule has 2 N–H and O–H groups in total. The molecule has 0 unspecified atom stereocenters. The van der Waals surface area contributed by atoms with E-state index in [-0.39, 0.29) is 6.10 Å². The molecule has 0 radical (unpaired) electrons. The maximum absolute atomic E-state index is 8.06. The van der Waals surface area contributed by atoms with E-state index in [1.807, 2.05) is 0 Å². The van der Waals surface area contributed by atoms with Crippen molar-refractivity contribution < 1.29 is 10.2 Å². The van der Waals surface area contributed by atoms with Gasteiger partial charge in [0.05, 0.1) is 0 Å². The fraction of sp³-hybridized carbons (Fsp3) is 1.00. The van der Waals surface area contributed by atoms with E-state index in [4.69, 9.17) is 10.2 Å². The quantitative estimate of drug-likeness (QED) is 0.687. The minimum atomic E-state index is -0.167. The van der Waals surface area contributed by atoms with Gasteiger partial charge in [0.15, 0.2) is 0 Å². The van der Waals surface area contributed by atoms with Gasteiger partial charge in [-0.15, -0.1) is 0 Å². The second-order valence-corrected chi connectivity index (χ2v) is 4.77. The number of aliphatic hydroxyl groups excluding tert-OH is 2. The lowest BCUT2D eigenvalue weighted by molar-refractivity contribution is 0.216. The van der Waals surface area contributed by atoms with Gasteiger partial charge in [0, 0.05) is 13.2 Å². The van der Waals surface area contributed by atoms with Crippen LogP contribution >= 0.6 is 0 Å². The topological polar surface area (TPSA) is 43.7 Å². The van der Waals surface area contributed by atoms with Gasteiger partial charge < -0.3 is 15.1 Å².